The highest BCUT2D eigenvalue weighted by atomic mass is 33.1. The highest BCUT2D eigenvalue weighted by molar-refractivity contribution is 8.76. The van der Waals surface area contributed by atoms with Gasteiger partial charge in [-0.2, -0.15) is 12.6 Å². The van der Waals surface area contributed by atoms with Gasteiger partial charge in [-0.15, -0.1) is 0 Å². The zero-order valence-corrected chi connectivity index (χ0v) is 9.64. The van der Waals surface area contributed by atoms with E-state index in [4.69, 9.17) is 16.6 Å². The first-order valence-electron chi connectivity index (χ1n) is 3.69. The molecular formula is C6H18N2OS3. The lowest BCUT2D eigenvalue weighted by molar-refractivity contribution is 0.323. The summed E-state index contributed by atoms with van der Waals surface area (Å²) >= 11 is 3.67. The van der Waals surface area contributed by atoms with Gasteiger partial charge < -0.3 is 16.6 Å². The van der Waals surface area contributed by atoms with Crippen molar-refractivity contribution in [2.75, 3.05) is 37.0 Å². The minimum Gasteiger partial charge on any atom is -0.396 e. The number of aliphatic hydroxyl groups is 1. The molecule has 3 nitrogen and oxygen atoms in total. The Kier molecular flexibility index (Phi) is 22.9. The van der Waals surface area contributed by atoms with Gasteiger partial charge in [0.15, 0.2) is 0 Å². The van der Waals surface area contributed by atoms with Gasteiger partial charge in [-0.25, -0.2) is 0 Å². The number of aliphatic hydroxyl groups excluding tert-OH is 1. The first-order valence-corrected chi connectivity index (χ1v) is 6.81. The monoisotopic (exact) mass is 230 g/mol. The maximum absolute atomic E-state index is 7.80. The molecule has 12 heavy (non-hydrogen) atoms. The van der Waals surface area contributed by atoms with E-state index in [0.29, 0.717) is 5.75 Å². The lowest BCUT2D eigenvalue weighted by Gasteiger charge is -1.93. The third-order valence-electron chi connectivity index (χ3n) is 0.586. The molecule has 0 unspecified atom stereocenters. The molecule has 0 rings (SSSR count). The Bertz CT molecular complexity index is 60.8. The van der Waals surface area contributed by atoms with Gasteiger partial charge in [0.1, 0.15) is 0 Å². The van der Waals surface area contributed by atoms with Crippen LogP contribution in [0.2, 0.25) is 0 Å². The van der Waals surface area contributed by atoms with Crippen molar-refractivity contribution >= 4 is 34.2 Å². The smallest absolute Gasteiger partial charge is 0.0519 e. The van der Waals surface area contributed by atoms with E-state index in [-0.39, 0.29) is 6.61 Å². The van der Waals surface area contributed by atoms with Crippen molar-refractivity contribution in [1.82, 2.24) is 0 Å². The maximum atomic E-state index is 7.80. The van der Waals surface area contributed by atoms with Crippen LogP contribution in [-0.2, 0) is 0 Å². The second-order valence-corrected chi connectivity index (χ2v) is 4.82. The summed E-state index contributed by atoms with van der Waals surface area (Å²) in [6.07, 6.45) is 0. The fraction of sp³-hybridized carbons (Fsp3) is 1.00. The molecule has 0 heterocycles. The van der Waals surface area contributed by atoms with Crippen molar-refractivity contribution in [2.24, 2.45) is 11.5 Å². The van der Waals surface area contributed by atoms with Crippen molar-refractivity contribution in [2.45, 2.75) is 0 Å². The summed E-state index contributed by atoms with van der Waals surface area (Å²) in [5.74, 6) is 2.63. The highest BCUT2D eigenvalue weighted by Crippen LogP contribution is 2.18. The summed E-state index contributed by atoms with van der Waals surface area (Å²) in [5, 5.41) is 7.80. The van der Waals surface area contributed by atoms with Crippen LogP contribution in [0.25, 0.3) is 0 Å². The lowest BCUT2D eigenvalue weighted by Crippen LogP contribution is -2.02. The lowest BCUT2D eigenvalue weighted by atomic mass is 10.8. The topological polar surface area (TPSA) is 72.3 Å². The molecule has 6 heteroatoms. The summed E-state index contributed by atoms with van der Waals surface area (Å²) in [7, 11) is 3.58. The maximum Gasteiger partial charge on any atom is 0.0519 e. The van der Waals surface area contributed by atoms with Crippen LogP contribution < -0.4 is 11.5 Å². The first-order chi connectivity index (χ1) is 5.83. The molecule has 5 N–H and O–H groups in total. The Morgan fingerprint density at radius 2 is 1.42 bits per heavy atom. The van der Waals surface area contributed by atoms with Gasteiger partial charge in [-0.3, -0.25) is 0 Å². The van der Waals surface area contributed by atoms with Crippen molar-refractivity contribution in [3.63, 3.8) is 0 Å². The van der Waals surface area contributed by atoms with Crippen molar-refractivity contribution < 1.29 is 5.11 Å². The van der Waals surface area contributed by atoms with Crippen molar-refractivity contribution in [3.05, 3.63) is 0 Å². The summed E-state index contributed by atoms with van der Waals surface area (Å²) < 4.78 is 0. The summed E-state index contributed by atoms with van der Waals surface area (Å²) in [6, 6.07) is 0. The molecule has 0 radical (unpaired) electrons. The van der Waals surface area contributed by atoms with Gasteiger partial charge in [0, 0.05) is 30.3 Å². The number of thiol groups is 1. The minimum atomic E-state index is 0.184. The van der Waals surface area contributed by atoms with E-state index in [9.17, 15) is 0 Å². The van der Waals surface area contributed by atoms with Crippen LogP contribution in [0.15, 0.2) is 0 Å². The molecule has 0 fully saturated rings. The van der Waals surface area contributed by atoms with Gasteiger partial charge in [0.2, 0.25) is 0 Å². The van der Waals surface area contributed by atoms with E-state index in [1.807, 2.05) is 0 Å². The number of hydrogen-bond donors (Lipinski definition) is 4. The van der Waals surface area contributed by atoms with Crippen LogP contribution in [0, 0.1) is 0 Å². The van der Waals surface area contributed by atoms with Crippen molar-refractivity contribution in [3.8, 4) is 0 Å². The quantitative estimate of drug-likeness (QED) is 0.298. The Hall–Kier alpha value is 0.930. The molecule has 76 valence electrons. The molecule has 0 amide bonds. The second kappa shape index (κ2) is 17.9. The molecule has 0 aromatic heterocycles. The van der Waals surface area contributed by atoms with Gasteiger partial charge in [-0.05, 0) is 0 Å². The van der Waals surface area contributed by atoms with Crippen LogP contribution in [0.3, 0.4) is 0 Å². The molecule has 0 aromatic rings. The van der Waals surface area contributed by atoms with Gasteiger partial charge in [0.25, 0.3) is 0 Å². The molecule has 0 atom stereocenters. The molecular weight excluding hydrogens is 212 g/mol. The number of nitrogens with two attached hydrogens (primary N) is 2. The molecule has 0 saturated heterocycles. The number of hydrogen-bond acceptors (Lipinski definition) is 6. The fourth-order valence-electron chi connectivity index (χ4n) is 0.214. The van der Waals surface area contributed by atoms with Crippen LogP contribution in [-0.4, -0.2) is 42.1 Å². The fourth-order valence-corrected chi connectivity index (χ4v) is 1.93. The molecule has 0 aliphatic rings. The SMILES string of the molecule is NCCSSCCN.OCCS. The summed E-state index contributed by atoms with van der Waals surface area (Å²) in [6.45, 7) is 1.72. The largest absolute Gasteiger partial charge is 0.396 e. The summed E-state index contributed by atoms with van der Waals surface area (Å²) in [4.78, 5) is 0. The van der Waals surface area contributed by atoms with Crippen LogP contribution in [0.4, 0.5) is 0 Å². The number of rotatable bonds is 6. The Balaban J connectivity index is 0. The van der Waals surface area contributed by atoms with Crippen LogP contribution in [0.5, 0.6) is 0 Å². The molecule has 0 aliphatic carbocycles. The van der Waals surface area contributed by atoms with E-state index in [1.54, 1.807) is 21.6 Å². The molecule has 0 aromatic carbocycles. The van der Waals surface area contributed by atoms with Gasteiger partial charge in [-0.1, -0.05) is 21.6 Å². The Morgan fingerprint density at radius 1 is 1.08 bits per heavy atom. The average molecular weight is 230 g/mol. The van der Waals surface area contributed by atoms with Gasteiger partial charge in [0.05, 0.1) is 6.61 Å². The molecule has 0 saturated carbocycles. The van der Waals surface area contributed by atoms with Crippen LogP contribution in [0.1, 0.15) is 0 Å². The normalized spacial score (nSPS) is 9.00. The van der Waals surface area contributed by atoms with E-state index in [1.165, 1.54) is 0 Å². The third-order valence-corrected chi connectivity index (χ3v) is 3.26. The average Bonchev–Trinajstić information content (AvgIpc) is 2.13. The van der Waals surface area contributed by atoms with Crippen LogP contribution >= 0.6 is 34.2 Å². The van der Waals surface area contributed by atoms with E-state index < -0.39 is 0 Å². The molecule has 0 aliphatic heterocycles. The Morgan fingerprint density at radius 3 is 1.58 bits per heavy atom. The standard InChI is InChI=1S/C4H12N2S2.C2H6OS/c5-1-3-7-8-4-2-6;3-1-2-4/h1-6H2;3-4H,1-2H2. The summed E-state index contributed by atoms with van der Waals surface area (Å²) in [5.41, 5.74) is 10.5. The third kappa shape index (κ3) is 22.4. The van der Waals surface area contributed by atoms with E-state index in [2.05, 4.69) is 12.6 Å². The van der Waals surface area contributed by atoms with Crippen molar-refractivity contribution in [1.29, 1.82) is 0 Å². The Labute approximate surface area is 87.8 Å². The first kappa shape index (κ1) is 15.4. The van der Waals surface area contributed by atoms with Gasteiger partial charge >= 0.3 is 0 Å². The zero-order chi connectivity index (χ0) is 9.66. The second-order valence-electron chi connectivity index (χ2n) is 1.67. The molecule has 0 bridgehead atoms. The predicted molar refractivity (Wildman–Crippen MR) is 64.0 cm³/mol. The zero-order valence-electron chi connectivity index (χ0n) is 7.11. The molecule has 0 spiro atoms. The predicted octanol–water partition coefficient (Wildman–Crippen LogP) is 0.194. The van der Waals surface area contributed by atoms with E-state index >= 15 is 0 Å². The highest BCUT2D eigenvalue weighted by Gasteiger charge is 1.84. The minimum absolute atomic E-state index is 0.184. The van der Waals surface area contributed by atoms with E-state index in [0.717, 1.165) is 24.6 Å².